The van der Waals surface area contributed by atoms with E-state index in [9.17, 15) is 0 Å². The van der Waals surface area contributed by atoms with Crippen LogP contribution in [0.4, 0.5) is 5.69 Å². The summed E-state index contributed by atoms with van der Waals surface area (Å²) in [7, 11) is 0. The lowest BCUT2D eigenvalue weighted by Crippen LogP contribution is -2.21. The van der Waals surface area contributed by atoms with Crippen LogP contribution in [0.2, 0.25) is 0 Å². The molecule has 0 aliphatic carbocycles. The molecule has 1 aliphatic heterocycles. The molecule has 1 atom stereocenters. The number of nitrogens with zero attached hydrogens (tertiary/aromatic N) is 4. The SMILES string of the molecule is Cc1cnn(C2CCN(c3ccnc(C)c3)C2)c1. The maximum absolute atomic E-state index is 4.42. The minimum absolute atomic E-state index is 0.493. The summed E-state index contributed by atoms with van der Waals surface area (Å²) in [6.07, 6.45) is 7.10. The minimum atomic E-state index is 0.493. The molecule has 0 saturated carbocycles. The number of aromatic nitrogens is 3. The fraction of sp³-hybridized carbons (Fsp3) is 0.429. The highest BCUT2D eigenvalue weighted by Crippen LogP contribution is 2.26. The second-order valence-corrected chi connectivity index (χ2v) is 5.04. The summed E-state index contributed by atoms with van der Waals surface area (Å²) in [5, 5.41) is 4.42. The van der Waals surface area contributed by atoms with Gasteiger partial charge in [-0.15, -0.1) is 0 Å². The van der Waals surface area contributed by atoms with Crippen LogP contribution in [-0.4, -0.2) is 27.9 Å². The lowest BCUT2D eigenvalue weighted by Gasteiger charge is -2.18. The van der Waals surface area contributed by atoms with Crippen molar-refractivity contribution in [2.45, 2.75) is 26.3 Å². The van der Waals surface area contributed by atoms with Crippen LogP contribution in [0.5, 0.6) is 0 Å². The third kappa shape index (κ3) is 2.10. The predicted octanol–water partition coefficient (Wildman–Crippen LogP) is 2.35. The van der Waals surface area contributed by atoms with Crippen LogP contribution in [0.1, 0.15) is 23.7 Å². The van der Waals surface area contributed by atoms with E-state index in [2.05, 4.69) is 44.9 Å². The van der Waals surface area contributed by atoms with Crippen molar-refractivity contribution < 1.29 is 0 Å². The highest BCUT2D eigenvalue weighted by molar-refractivity contribution is 5.47. The van der Waals surface area contributed by atoms with Gasteiger partial charge in [-0.25, -0.2) is 0 Å². The molecule has 4 nitrogen and oxygen atoms in total. The van der Waals surface area contributed by atoms with E-state index < -0.39 is 0 Å². The van der Waals surface area contributed by atoms with Gasteiger partial charge in [0.1, 0.15) is 0 Å². The second kappa shape index (κ2) is 4.44. The highest BCUT2D eigenvalue weighted by atomic mass is 15.3. The topological polar surface area (TPSA) is 34.0 Å². The Balaban J connectivity index is 1.75. The molecule has 0 N–H and O–H groups in total. The fourth-order valence-electron chi connectivity index (χ4n) is 2.55. The summed E-state index contributed by atoms with van der Waals surface area (Å²) in [5.41, 5.74) is 3.58. The van der Waals surface area contributed by atoms with Crippen LogP contribution in [0.15, 0.2) is 30.7 Å². The molecule has 0 aromatic carbocycles. The molecule has 0 radical (unpaired) electrons. The van der Waals surface area contributed by atoms with Crippen LogP contribution >= 0.6 is 0 Å². The number of rotatable bonds is 2. The first kappa shape index (κ1) is 11.3. The van der Waals surface area contributed by atoms with E-state index in [0.29, 0.717) is 6.04 Å². The maximum atomic E-state index is 4.42. The number of anilines is 1. The molecule has 1 saturated heterocycles. The molecule has 1 fully saturated rings. The van der Waals surface area contributed by atoms with Crippen molar-refractivity contribution in [3.63, 3.8) is 0 Å². The number of hydrogen-bond donors (Lipinski definition) is 0. The normalized spacial score (nSPS) is 19.4. The summed E-state index contributed by atoms with van der Waals surface area (Å²) in [6, 6.07) is 4.73. The molecule has 3 heterocycles. The van der Waals surface area contributed by atoms with Crippen molar-refractivity contribution >= 4 is 5.69 Å². The third-order valence-corrected chi connectivity index (χ3v) is 3.51. The molecule has 3 rings (SSSR count). The first-order chi connectivity index (χ1) is 8.72. The standard InChI is InChI=1S/C14H18N4/c1-11-8-16-18(9-11)14-4-6-17(10-14)13-3-5-15-12(2)7-13/h3,5,7-9,14H,4,6,10H2,1-2H3. The van der Waals surface area contributed by atoms with Crippen molar-refractivity contribution in [1.29, 1.82) is 0 Å². The Morgan fingerprint density at radius 1 is 1.33 bits per heavy atom. The van der Waals surface area contributed by atoms with Crippen molar-refractivity contribution in [2.75, 3.05) is 18.0 Å². The van der Waals surface area contributed by atoms with Crippen molar-refractivity contribution in [3.05, 3.63) is 42.0 Å². The van der Waals surface area contributed by atoms with Gasteiger partial charge in [0.2, 0.25) is 0 Å². The molecule has 2 aromatic heterocycles. The van der Waals surface area contributed by atoms with Crippen LogP contribution in [0.25, 0.3) is 0 Å². The molecular formula is C14H18N4. The van der Waals surface area contributed by atoms with E-state index in [4.69, 9.17) is 0 Å². The number of hydrogen-bond acceptors (Lipinski definition) is 3. The Kier molecular flexibility index (Phi) is 2.78. The molecule has 18 heavy (non-hydrogen) atoms. The quantitative estimate of drug-likeness (QED) is 0.810. The first-order valence-electron chi connectivity index (χ1n) is 6.41. The lowest BCUT2D eigenvalue weighted by atomic mass is 10.3. The molecule has 94 valence electrons. The van der Waals surface area contributed by atoms with Gasteiger partial charge in [0.25, 0.3) is 0 Å². The summed E-state index contributed by atoms with van der Waals surface area (Å²) in [6.45, 7) is 6.24. The molecule has 0 bridgehead atoms. The molecule has 1 aliphatic rings. The summed E-state index contributed by atoms with van der Waals surface area (Å²) in [4.78, 5) is 6.66. The molecular weight excluding hydrogens is 224 g/mol. The zero-order valence-electron chi connectivity index (χ0n) is 10.9. The van der Waals surface area contributed by atoms with E-state index in [0.717, 1.165) is 25.2 Å². The van der Waals surface area contributed by atoms with Gasteiger partial charge in [-0.2, -0.15) is 5.10 Å². The molecule has 4 heteroatoms. The molecule has 2 aromatic rings. The van der Waals surface area contributed by atoms with Gasteiger partial charge in [0.15, 0.2) is 0 Å². The highest BCUT2D eigenvalue weighted by Gasteiger charge is 2.24. The Hall–Kier alpha value is -1.84. The summed E-state index contributed by atoms with van der Waals surface area (Å²) >= 11 is 0. The predicted molar refractivity (Wildman–Crippen MR) is 71.8 cm³/mol. The lowest BCUT2D eigenvalue weighted by molar-refractivity contribution is 0.494. The van der Waals surface area contributed by atoms with E-state index in [1.807, 2.05) is 19.3 Å². The Morgan fingerprint density at radius 2 is 2.22 bits per heavy atom. The average Bonchev–Trinajstić information content (AvgIpc) is 2.97. The van der Waals surface area contributed by atoms with E-state index >= 15 is 0 Å². The van der Waals surface area contributed by atoms with E-state index in [-0.39, 0.29) is 0 Å². The first-order valence-corrected chi connectivity index (χ1v) is 6.41. The fourth-order valence-corrected chi connectivity index (χ4v) is 2.55. The van der Waals surface area contributed by atoms with Crippen LogP contribution in [0, 0.1) is 13.8 Å². The van der Waals surface area contributed by atoms with Gasteiger partial charge in [-0.1, -0.05) is 0 Å². The van der Waals surface area contributed by atoms with Gasteiger partial charge < -0.3 is 4.90 Å². The van der Waals surface area contributed by atoms with Gasteiger partial charge in [-0.3, -0.25) is 9.67 Å². The molecule has 1 unspecified atom stereocenters. The van der Waals surface area contributed by atoms with Crippen molar-refractivity contribution in [2.24, 2.45) is 0 Å². The number of aryl methyl sites for hydroxylation is 2. The largest absolute Gasteiger partial charge is 0.369 e. The average molecular weight is 242 g/mol. The van der Waals surface area contributed by atoms with Crippen LogP contribution in [0.3, 0.4) is 0 Å². The van der Waals surface area contributed by atoms with Gasteiger partial charge in [-0.05, 0) is 38.0 Å². The maximum Gasteiger partial charge on any atom is 0.0710 e. The minimum Gasteiger partial charge on any atom is -0.369 e. The zero-order valence-corrected chi connectivity index (χ0v) is 10.9. The Bertz CT molecular complexity index is 546. The summed E-state index contributed by atoms with van der Waals surface area (Å²) < 4.78 is 2.10. The molecule has 0 amide bonds. The summed E-state index contributed by atoms with van der Waals surface area (Å²) in [5.74, 6) is 0. The zero-order chi connectivity index (χ0) is 12.5. The van der Waals surface area contributed by atoms with E-state index in [1.54, 1.807) is 0 Å². The van der Waals surface area contributed by atoms with Crippen molar-refractivity contribution in [1.82, 2.24) is 14.8 Å². The monoisotopic (exact) mass is 242 g/mol. The number of pyridine rings is 1. The third-order valence-electron chi connectivity index (χ3n) is 3.51. The van der Waals surface area contributed by atoms with Gasteiger partial charge in [0.05, 0.1) is 12.2 Å². The van der Waals surface area contributed by atoms with Gasteiger partial charge >= 0.3 is 0 Å². The smallest absolute Gasteiger partial charge is 0.0710 e. The van der Waals surface area contributed by atoms with Crippen LogP contribution < -0.4 is 4.90 Å². The van der Waals surface area contributed by atoms with Gasteiger partial charge in [0, 0.05) is 36.9 Å². The Labute approximate surface area is 107 Å². The molecule has 0 spiro atoms. The van der Waals surface area contributed by atoms with Crippen LogP contribution in [-0.2, 0) is 0 Å². The van der Waals surface area contributed by atoms with Crippen molar-refractivity contribution in [3.8, 4) is 0 Å². The Morgan fingerprint density at radius 3 is 2.94 bits per heavy atom. The second-order valence-electron chi connectivity index (χ2n) is 5.04. The van der Waals surface area contributed by atoms with E-state index in [1.165, 1.54) is 11.3 Å².